The fraction of sp³-hybridized carbons (Fsp3) is 0.270. The first-order chi connectivity index (χ1) is 40.8. The quantitative estimate of drug-likeness (QED) is 0.109. The number of rotatable bonds is 14. The molecule has 0 saturated heterocycles. The minimum absolute atomic E-state index is 0.0296. The Morgan fingerprint density at radius 1 is 0.603 bits per heavy atom. The predicted molar refractivity (Wildman–Crippen MR) is 277 cm³/mol. The molecule has 68 heavy (non-hydrogen) atoms. The summed E-state index contributed by atoms with van der Waals surface area (Å²) in [4.78, 5) is 13.6. The summed E-state index contributed by atoms with van der Waals surface area (Å²) >= 11 is 0. The van der Waals surface area contributed by atoms with Crippen LogP contribution in [0.2, 0.25) is 0 Å². The fourth-order valence-electron chi connectivity index (χ4n) is 9.27. The van der Waals surface area contributed by atoms with Gasteiger partial charge in [0.15, 0.2) is 0 Å². The monoisotopic (exact) mass is 906 g/mol. The summed E-state index contributed by atoms with van der Waals surface area (Å²) in [5.74, 6) is -2.81. The molecule has 2 aliphatic carbocycles. The average molecular weight is 906 g/mol. The second-order valence-corrected chi connectivity index (χ2v) is 17.2. The molecule has 0 N–H and O–H groups in total. The molecule has 336 valence electrons. The van der Waals surface area contributed by atoms with E-state index in [-0.39, 0.29) is 62.3 Å². The highest BCUT2D eigenvalue weighted by molar-refractivity contribution is 6.09. The van der Waals surface area contributed by atoms with E-state index in [1.165, 1.54) is 24.5 Å². The molecule has 5 heteroatoms. The maximum atomic E-state index is 9.94. The van der Waals surface area contributed by atoms with Gasteiger partial charge in [0.25, 0.3) is 0 Å². The van der Waals surface area contributed by atoms with Crippen LogP contribution in [0.4, 0.5) is 0 Å². The molecule has 0 atom stereocenters. The normalized spacial score (nSPS) is 20.8. The third kappa shape index (κ3) is 9.25. The molecule has 0 spiro atoms. The van der Waals surface area contributed by atoms with E-state index in [0.717, 1.165) is 30.5 Å². The Hall–Kier alpha value is -7.16. The number of nitrogens with zero attached hydrogens (tertiary/aromatic N) is 4. The zero-order valence-corrected chi connectivity index (χ0v) is 37.1. The van der Waals surface area contributed by atoms with E-state index < -0.39 is 84.7 Å². The van der Waals surface area contributed by atoms with Gasteiger partial charge in [-0.3, -0.25) is 15.0 Å². The van der Waals surface area contributed by atoms with E-state index in [4.69, 9.17) is 11.3 Å². The molecule has 2 saturated carbocycles. The van der Waals surface area contributed by atoms with Gasteiger partial charge >= 0.3 is 0 Å². The Bertz CT molecular complexity index is 4050. The molecule has 11 rings (SSSR count). The van der Waals surface area contributed by atoms with E-state index in [1.54, 1.807) is 72.8 Å². The van der Waals surface area contributed by atoms with Gasteiger partial charge in [-0.05, 0) is 175 Å². The van der Waals surface area contributed by atoms with Crippen LogP contribution < -0.4 is 0 Å². The minimum atomic E-state index is -3.53. The van der Waals surface area contributed by atoms with Gasteiger partial charge in [0.1, 0.15) is 11.2 Å². The summed E-state index contributed by atoms with van der Waals surface area (Å²) in [6.45, 7) is -3.20. The number of aromatic nitrogens is 3. The first kappa shape index (κ1) is 27.0. The van der Waals surface area contributed by atoms with Gasteiger partial charge in [-0.1, -0.05) is 117 Å². The maximum Gasteiger partial charge on any atom is 0.144 e. The molecule has 5 nitrogen and oxygen atoms in total. The molecular formula is C63H58N4O. The molecule has 2 aliphatic rings. The lowest BCUT2D eigenvalue weighted by molar-refractivity contribution is 0.669. The van der Waals surface area contributed by atoms with E-state index in [1.807, 2.05) is 18.2 Å². The zero-order chi connectivity index (χ0) is 62.7. The van der Waals surface area contributed by atoms with Crippen molar-refractivity contribution in [3.63, 3.8) is 0 Å². The van der Waals surface area contributed by atoms with Gasteiger partial charge in [-0.15, -0.1) is 0 Å². The molecule has 0 unspecified atom stereocenters. The largest absolute Gasteiger partial charge is 0.455 e. The van der Waals surface area contributed by atoms with Crippen molar-refractivity contribution in [3.8, 4) is 39.8 Å². The lowest BCUT2D eigenvalue weighted by atomic mass is 9.88. The number of pyridine rings is 3. The molecule has 0 radical (unpaired) electrons. The van der Waals surface area contributed by atoms with Crippen molar-refractivity contribution < 1.29 is 30.5 Å². The number of furan rings is 1. The number of hydrogen-bond donors (Lipinski definition) is 0. The first-order valence-electron chi connectivity index (χ1n) is 32.5. The van der Waals surface area contributed by atoms with Crippen LogP contribution in [-0.4, -0.2) is 15.0 Å². The molecule has 4 heterocycles. The van der Waals surface area contributed by atoms with Crippen LogP contribution >= 0.6 is 0 Å². The van der Waals surface area contributed by atoms with Crippen molar-refractivity contribution >= 4 is 21.9 Å². The summed E-state index contributed by atoms with van der Waals surface area (Å²) in [7, 11) is 0. The Labute approximate surface area is 427 Å². The molecule has 5 aromatic carbocycles. The lowest BCUT2D eigenvalue weighted by Crippen LogP contribution is -2.06. The molecule has 0 bridgehead atoms. The van der Waals surface area contributed by atoms with Crippen molar-refractivity contribution in [1.29, 1.82) is 5.26 Å². The van der Waals surface area contributed by atoms with E-state index >= 15 is 0 Å². The number of fused-ring (bicyclic) bond motifs is 3. The van der Waals surface area contributed by atoms with Gasteiger partial charge in [-0.2, -0.15) is 5.26 Å². The Morgan fingerprint density at radius 3 is 1.68 bits per heavy atom. The number of hydrogen-bond acceptors (Lipinski definition) is 5. The first-order valence-corrected chi connectivity index (χ1v) is 23.0. The fourth-order valence-corrected chi connectivity index (χ4v) is 9.27. The SMILES string of the molecule is [2H]c1cc2c(oc3c(-c4cc(C([2H])([2H])[2H])c(C([2H])([2H])C([2H])([2H])c5cc(C([2H])([2H])C([2H])([2H])c6cnc(-c7ccccc7)cc6C6([2H])CCCC6)cc(C([2H])([2H])C([2H])([2H])c6cnc(-c7ccccc7)cc6C6([2H])CCCC6)c5)cn4)cccc32)c([2H])c1C#N. The Kier molecular flexibility index (Phi) is 7.78. The lowest BCUT2D eigenvalue weighted by Gasteiger charge is -2.18. The number of para-hydroxylation sites is 1. The predicted octanol–water partition coefficient (Wildman–Crippen LogP) is 15.6. The molecule has 9 aromatic rings. The van der Waals surface area contributed by atoms with E-state index in [9.17, 15) is 24.5 Å². The summed E-state index contributed by atoms with van der Waals surface area (Å²) in [5.41, 5.74) is -2.25. The number of aryl methyl sites for hydroxylation is 7. The van der Waals surface area contributed by atoms with Crippen molar-refractivity contribution in [2.24, 2.45) is 0 Å². The van der Waals surface area contributed by atoms with Crippen LogP contribution in [0, 0.1) is 18.2 Å². The molecule has 0 amide bonds. The van der Waals surface area contributed by atoms with Crippen molar-refractivity contribution in [2.75, 3.05) is 0 Å². The van der Waals surface area contributed by atoms with Gasteiger partial charge in [0, 0.05) is 69.4 Å². The zero-order valence-electron chi connectivity index (χ0n) is 56.1. The maximum absolute atomic E-state index is 9.94. The summed E-state index contributed by atoms with van der Waals surface area (Å²) in [6, 6.07) is 32.0. The van der Waals surface area contributed by atoms with Crippen molar-refractivity contribution in [1.82, 2.24) is 15.0 Å². The third-order valence-corrected chi connectivity index (χ3v) is 12.7. The minimum Gasteiger partial charge on any atom is -0.455 e. The summed E-state index contributed by atoms with van der Waals surface area (Å²) in [6.07, 6.45) is -13.2. The van der Waals surface area contributed by atoms with Gasteiger partial charge in [-0.25, -0.2) is 0 Å². The summed E-state index contributed by atoms with van der Waals surface area (Å²) < 4.78 is 187. The van der Waals surface area contributed by atoms with Crippen LogP contribution in [0.1, 0.15) is 145 Å². The smallest absolute Gasteiger partial charge is 0.144 e. The average Bonchev–Trinajstić information content (AvgIpc) is 1.03. The molecule has 0 aliphatic heterocycles. The number of nitriles is 1. The van der Waals surface area contributed by atoms with Gasteiger partial charge in [0.2, 0.25) is 0 Å². The van der Waals surface area contributed by atoms with Crippen LogP contribution in [0.3, 0.4) is 0 Å². The van der Waals surface area contributed by atoms with Crippen LogP contribution in [-0.2, 0) is 38.2 Å². The highest BCUT2D eigenvalue weighted by Gasteiger charge is 2.23. The Morgan fingerprint density at radius 2 is 1.13 bits per heavy atom. The summed E-state index contributed by atoms with van der Waals surface area (Å²) in [5, 5.41) is 10.4. The van der Waals surface area contributed by atoms with E-state index in [2.05, 4.69) is 15.0 Å². The Balaban J connectivity index is 1.10. The standard InChI is InChI=1S/C63H58N4O/c1-42-31-61(56-22-12-21-55-54-30-26-46(38-64)35-62(54)68-63(55)56)67-39-51(42)27-23-43-32-44(24-28-52-40-65-59(49-17-4-2-5-18-49)36-57(52)47-13-8-9-14-47)34-45(33-43)25-29-53-41-66-60(50-19-6-3-7-20-50)37-58(53)48-15-10-11-16-48/h2-7,12,17-22,26,30-37,39-41,47-48H,8-11,13-16,23-25,27-29H2,1H3/i1D3,23D2,24D2,25D2,26D,27D2,28D2,29D2,35D,47D,48D. The van der Waals surface area contributed by atoms with Crippen LogP contribution in [0.15, 0.2) is 156 Å². The molecule has 4 aromatic heterocycles. The highest BCUT2D eigenvalue weighted by Crippen LogP contribution is 2.40. The van der Waals surface area contributed by atoms with Crippen molar-refractivity contribution in [2.45, 2.75) is 108 Å². The second kappa shape index (κ2) is 19.6. The van der Waals surface area contributed by atoms with Crippen molar-refractivity contribution in [3.05, 3.63) is 208 Å². The second-order valence-electron chi connectivity index (χ2n) is 17.2. The topological polar surface area (TPSA) is 75.6 Å². The van der Waals surface area contributed by atoms with Gasteiger partial charge in [0.05, 0.1) is 31.5 Å². The molecule has 2 fully saturated rings. The van der Waals surface area contributed by atoms with Crippen LogP contribution in [0.25, 0.3) is 55.7 Å². The molecular weight excluding hydrogens is 829 g/mol. The van der Waals surface area contributed by atoms with Crippen LogP contribution in [0.5, 0.6) is 0 Å². The third-order valence-electron chi connectivity index (χ3n) is 12.7. The highest BCUT2D eigenvalue weighted by atomic mass is 16.3. The number of benzene rings is 5. The van der Waals surface area contributed by atoms with Gasteiger partial charge < -0.3 is 4.42 Å². The van der Waals surface area contributed by atoms with E-state index in [0.29, 0.717) is 84.7 Å².